The third kappa shape index (κ3) is 3.96. The first-order valence-corrected chi connectivity index (χ1v) is 9.14. The lowest BCUT2D eigenvalue weighted by atomic mass is 9.95. The lowest BCUT2D eigenvalue weighted by Crippen LogP contribution is -2.20. The summed E-state index contributed by atoms with van der Waals surface area (Å²) >= 11 is 0. The van der Waals surface area contributed by atoms with Gasteiger partial charge in [0.1, 0.15) is 0 Å². The van der Waals surface area contributed by atoms with Crippen molar-refractivity contribution in [3.63, 3.8) is 0 Å². The van der Waals surface area contributed by atoms with E-state index in [2.05, 4.69) is 20.9 Å². The Kier molecular flexibility index (Phi) is 5.86. The normalized spacial score (nSPS) is 15.7. The summed E-state index contributed by atoms with van der Waals surface area (Å²) in [6.45, 7) is 3.29. The van der Waals surface area contributed by atoms with Gasteiger partial charge in [-0.25, -0.2) is 4.98 Å². The molecule has 1 fully saturated rings. The SMILES string of the molecule is CCOCCCC(=O)Nc1nc2ccccc2n1C1CCCCC1. The highest BCUT2D eigenvalue weighted by Gasteiger charge is 2.22. The first kappa shape index (κ1) is 17.0. The Morgan fingerprint density at radius 1 is 1.29 bits per heavy atom. The predicted octanol–water partition coefficient (Wildman–Crippen LogP) is 4.30. The maximum absolute atomic E-state index is 12.3. The van der Waals surface area contributed by atoms with Crippen LogP contribution in [-0.2, 0) is 9.53 Å². The van der Waals surface area contributed by atoms with E-state index in [0.717, 1.165) is 30.3 Å². The molecule has 1 amide bonds. The highest BCUT2D eigenvalue weighted by Crippen LogP contribution is 2.34. The molecule has 0 aliphatic heterocycles. The van der Waals surface area contributed by atoms with E-state index < -0.39 is 0 Å². The quantitative estimate of drug-likeness (QED) is 0.771. The number of benzene rings is 1. The number of carbonyl (C=O) groups is 1. The number of nitrogens with zero attached hydrogens (tertiary/aromatic N) is 2. The lowest BCUT2D eigenvalue weighted by molar-refractivity contribution is -0.116. The minimum absolute atomic E-state index is 0.0158. The van der Waals surface area contributed by atoms with Crippen molar-refractivity contribution in [3.05, 3.63) is 24.3 Å². The zero-order valence-electron chi connectivity index (χ0n) is 14.5. The van der Waals surface area contributed by atoms with Crippen molar-refractivity contribution in [2.24, 2.45) is 0 Å². The molecule has 3 rings (SSSR count). The molecule has 1 N–H and O–H groups in total. The molecule has 1 saturated carbocycles. The van der Waals surface area contributed by atoms with Crippen molar-refractivity contribution < 1.29 is 9.53 Å². The second-order valence-electron chi connectivity index (χ2n) is 6.43. The largest absolute Gasteiger partial charge is 0.382 e. The van der Waals surface area contributed by atoms with Crippen LogP contribution in [0.15, 0.2) is 24.3 Å². The number of amides is 1. The Morgan fingerprint density at radius 3 is 2.88 bits per heavy atom. The van der Waals surface area contributed by atoms with E-state index in [1.165, 1.54) is 19.3 Å². The number of nitrogens with one attached hydrogen (secondary N) is 1. The van der Waals surface area contributed by atoms with Crippen LogP contribution in [0.2, 0.25) is 0 Å². The highest BCUT2D eigenvalue weighted by atomic mass is 16.5. The molecule has 1 aliphatic rings. The van der Waals surface area contributed by atoms with Gasteiger partial charge in [-0.3, -0.25) is 10.1 Å². The number of carbonyl (C=O) groups excluding carboxylic acids is 1. The number of para-hydroxylation sites is 2. The Balaban J connectivity index is 1.77. The minimum Gasteiger partial charge on any atom is -0.382 e. The predicted molar refractivity (Wildman–Crippen MR) is 96.2 cm³/mol. The van der Waals surface area contributed by atoms with Gasteiger partial charge in [-0.1, -0.05) is 31.4 Å². The molecule has 5 heteroatoms. The topological polar surface area (TPSA) is 56.1 Å². The lowest BCUT2D eigenvalue weighted by Gasteiger charge is -2.25. The van der Waals surface area contributed by atoms with Crippen molar-refractivity contribution in [3.8, 4) is 0 Å². The summed E-state index contributed by atoms with van der Waals surface area (Å²) in [5.41, 5.74) is 2.07. The van der Waals surface area contributed by atoms with E-state index in [1.54, 1.807) is 0 Å². The molecule has 2 aromatic rings. The van der Waals surface area contributed by atoms with Crippen LogP contribution in [-0.4, -0.2) is 28.7 Å². The van der Waals surface area contributed by atoms with Gasteiger partial charge in [0.25, 0.3) is 0 Å². The molecule has 24 heavy (non-hydrogen) atoms. The van der Waals surface area contributed by atoms with E-state index in [0.29, 0.717) is 31.6 Å². The van der Waals surface area contributed by atoms with Gasteiger partial charge in [-0.2, -0.15) is 0 Å². The van der Waals surface area contributed by atoms with Gasteiger partial charge in [0.15, 0.2) is 0 Å². The molecule has 0 radical (unpaired) electrons. The molecule has 0 atom stereocenters. The molecule has 0 bridgehead atoms. The molecule has 1 heterocycles. The van der Waals surface area contributed by atoms with Crippen LogP contribution in [0.5, 0.6) is 0 Å². The molecule has 1 aliphatic carbocycles. The van der Waals surface area contributed by atoms with Crippen LogP contribution in [0, 0.1) is 0 Å². The molecule has 5 nitrogen and oxygen atoms in total. The summed E-state index contributed by atoms with van der Waals surface area (Å²) in [5, 5.41) is 3.03. The van der Waals surface area contributed by atoms with E-state index in [4.69, 9.17) is 4.74 Å². The van der Waals surface area contributed by atoms with Crippen molar-refractivity contribution in [1.82, 2.24) is 9.55 Å². The fraction of sp³-hybridized carbons (Fsp3) is 0.579. The number of fused-ring (bicyclic) bond motifs is 1. The van der Waals surface area contributed by atoms with Gasteiger partial charge in [-0.15, -0.1) is 0 Å². The molecule has 0 unspecified atom stereocenters. The maximum atomic E-state index is 12.3. The highest BCUT2D eigenvalue weighted by molar-refractivity contribution is 5.91. The molecular formula is C19H27N3O2. The summed E-state index contributed by atoms with van der Waals surface area (Å²) in [6, 6.07) is 8.58. The standard InChI is InChI=1S/C19H27N3O2/c1-2-24-14-8-13-18(23)21-19-20-16-11-6-7-12-17(16)22(19)15-9-4-3-5-10-15/h6-7,11-12,15H,2-5,8-10,13-14H2,1H3,(H,20,21,23). The van der Waals surface area contributed by atoms with Crippen molar-refractivity contribution in [1.29, 1.82) is 0 Å². The fourth-order valence-electron chi connectivity index (χ4n) is 3.51. The van der Waals surface area contributed by atoms with Crippen molar-refractivity contribution >= 4 is 22.9 Å². The van der Waals surface area contributed by atoms with E-state index in [9.17, 15) is 4.79 Å². The molecule has 0 saturated heterocycles. The van der Waals surface area contributed by atoms with Crippen LogP contribution in [0.3, 0.4) is 0 Å². The Hall–Kier alpha value is -1.88. The molecular weight excluding hydrogens is 302 g/mol. The van der Waals surface area contributed by atoms with Gasteiger partial charge >= 0.3 is 0 Å². The summed E-state index contributed by atoms with van der Waals surface area (Å²) in [6.07, 6.45) is 7.33. The fourth-order valence-corrected chi connectivity index (χ4v) is 3.51. The van der Waals surface area contributed by atoms with Crippen molar-refractivity contribution in [2.75, 3.05) is 18.5 Å². The van der Waals surface area contributed by atoms with Crippen LogP contribution >= 0.6 is 0 Å². The zero-order chi connectivity index (χ0) is 16.8. The van der Waals surface area contributed by atoms with E-state index in [1.807, 2.05) is 25.1 Å². The van der Waals surface area contributed by atoms with Gasteiger partial charge in [0.05, 0.1) is 11.0 Å². The second kappa shape index (κ2) is 8.29. The molecule has 1 aromatic carbocycles. The van der Waals surface area contributed by atoms with Gasteiger partial charge in [0, 0.05) is 25.7 Å². The first-order valence-electron chi connectivity index (χ1n) is 9.14. The third-order valence-electron chi connectivity index (χ3n) is 4.68. The Morgan fingerprint density at radius 2 is 2.08 bits per heavy atom. The number of rotatable bonds is 7. The van der Waals surface area contributed by atoms with E-state index >= 15 is 0 Å². The van der Waals surface area contributed by atoms with Gasteiger partial charge in [-0.05, 0) is 38.3 Å². The average molecular weight is 329 g/mol. The zero-order valence-corrected chi connectivity index (χ0v) is 14.5. The molecule has 130 valence electrons. The number of anilines is 1. The summed E-state index contributed by atoms with van der Waals surface area (Å²) < 4.78 is 7.55. The number of hydrogen-bond donors (Lipinski definition) is 1. The monoisotopic (exact) mass is 329 g/mol. The van der Waals surface area contributed by atoms with Gasteiger partial charge in [0.2, 0.25) is 11.9 Å². The number of ether oxygens (including phenoxy) is 1. The van der Waals surface area contributed by atoms with Crippen LogP contribution in [0.4, 0.5) is 5.95 Å². The van der Waals surface area contributed by atoms with Crippen LogP contribution in [0.25, 0.3) is 11.0 Å². The van der Waals surface area contributed by atoms with Crippen LogP contribution in [0.1, 0.15) is 57.9 Å². The maximum Gasteiger partial charge on any atom is 0.226 e. The van der Waals surface area contributed by atoms with Gasteiger partial charge < -0.3 is 9.30 Å². The van der Waals surface area contributed by atoms with Crippen molar-refractivity contribution in [2.45, 2.75) is 57.9 Å². The molecule has 1 aromatic heterocycles. The second-order valence-corrected chi connectivity index (χ2v) is 6.43. The average Bonchev–Trinajstić information content (AvgIpc) is 2.97. The number of aromatic nitrogens is 2. The summed E-state index contributed by atoms with van der Waals surface area (Å²) in [4.78, 5) is 16.9. The van der Waals surface area contributed by atoms with E-state index in [-0.39, 0.29) is 5.91 Å². The summed E-state index contributed by atoms with van der Waals surface area (Å²) in [5.74, 6) is 0.714. The van der Waals surface area contributed by atoms with Crippen LogP contribution < -0.4 is 5.32 Å². The Bertz CT molecular complexity index is 674. The molecule has 0 spiro atoms. The summed E-state index contributed by atoms with van der Waals surface area (Å²) in [7, 11) is 0. The Labute approximate surface area is 143 Å². The third-order valence-corrected chi connectivity index (χ3v) is 4.68. The number of imidazole rings is 1. The minimum atomic E-state index is 0.0158. The smallest absolute Gasteiger partial charge is 0.226 e. The number of hydrogen-bond acceptors (Lipinski definition) is 3. The first-order chi connectivity index (χ1) is 11.8.